The van der Waals surface area contributed by atoms with Crippen molar-refractivity contribution in [1.29, 1.82) is 0 Å². The molecule has 6 rings (SSSR count). The van der Waals surface area contributed by atoms with Crippen molar-refractivity contribution in [3.8, 4) is 0 Å². The lowest BCUT2D eigenvalue weighted by molar-refractivity contribution is -0.142. The average Bonchev–Trinajstić information content (AvgIpc) is 3.44. The van der Waals surface area contributed by atoms with Crippen LogP contribution in [0.25, 0.3) is 0 Å². The van der Waals surface area contributed by atoms with E-state index in [1.807, 2.05) is 30.3 Å². The number of allylic oxidation sites excluding steroid dienone is 1. The van der Waals surface area contributed by atoms with Crippen molar-refractivity contribution < 1.29 is 23.8 Å². The van der Waals surface area contributed by atoms with Gasteiger partial charge >= 0.3 is 11.9 Å². The van der Waals surface area contributed by atoms with Crippen LogP contribution in [0, 0.1) is 46.3 Å². The molecule has 224 valence electrons. The molecule has 0 spiro atoms. The minimum absolute atomic E-state index is 0.0494. The minimum Gasteiger partial charge on any atom is -0.494 e. The fourth-order valence-electron chi connectivity index (χ4n) is 10.4. The summed E-state index contributed by atoms with van der Waals surface area (Å²) in [5, 5.41) is 0. The second-order valence-corrected chi connectivity index (χ2v) is 14.8. The maximum atomic E-state index is 12.8. The first kappa shape index (κ1) is 28.8. The summed E-state index contributed by atoms with van der Waals surface area (Å²) in [5.74, 6) is 4.69. The first-order chi connectivity index (χ1) is 19.6. The number of hydrogen-bond donors (Lipinski definition) is 0. The predicted octanol–water partition coefficient (Wildman–Crippen LogP) is 8.13. The Bertz CT molecular complexity index is 1170. The zero-order valence-corrected chi connectivity index (χ0v) is 25.8. The second kappa shape index (κ2) is 11.1. The van der Waals surface area contributed by atoms with Gasteiger partial charge in [-0.25, -0.2) is 4.79 Å². The van der Waals surface area contributed by atoms with Crippen LogP contribution < -0.4 is 0 Å². The van der Waals surface area contributed by atoms with Crippen molar-refractivity contribution in [2.45, 2.75) is 111 Å². The Labute approximate surface area is 246 Å². The van der Waals surface area contributed by atoms with Gasteiger partial charge in [-0.05, 0) is 123 Å². The van der Waals surface area contributed by atoms with E-state index in [0.717, 1.165) is 43.4 Å². The Morgan fingerprint density at radius 2 is 1.76 bits per heavy atom. The molecule has 0 aromatic heterocycles. The van der Waals surface area contributed by atoms with Crippen LogP contribution in [0.15, 0.2) is 41.7 Å². The van der Waals surface area contributed by atoms with E-state index in [4.69, 9.17) is 14.2 Å². The highest BCUT2D eigenvalue weighted by Gasteiger charge is 2.64. The highest BCUT2D eigenvalue weighted by molar-refractivity contribution is 5.89. The van der Waals surface area contributed by atoms with Crippen molar-refractivity contribution in [1.82, 2.24) is 0 Å². The fraction of sp³-hybridized carbons (Fsp3) is 0.722. The van der Waals surface area contributed by atoms with E-state index in [1.165, 1.54) is 56.8 Å². The second-order valence-electron chi connectivity index (χ2n) is 14.8. The van der Waals surface area contributed by atoms with Gasteiger partial charge in [0.2, 0.25) is 0 Å². The highest BCUT2D eigenvalue weighted by atomic mass is 16.5. The molecule has 5 heteroatoms. The largest absolute Gasteiger partial charge is 0.494 e. The zero-order valence-electron chi connectivity index (χ0n) is 25.8. The molecule has 4 saturated carbocycles. The van der Waals surface area contributed by atoms with Crippen molar-refractivity contribution >= 4 is 11.9 Å². The molecule has 10 atom stereocenters. The number of benzene rings is 1. The number of ether oxygens (including phenoxy) is 3. The van der Waals surface area contributed by atoms with Crippen molar-refractivity contribution in [2.75, 3.05) is 6.61 Å². The van der Waals surface area contributed by atoms with Crippen LogP contribution >= 0.6 is 0 Å². The predicted molar refractivity (Wildman–Crippen MR) is 159 cm³/mol. The maximum absolute atomic E-state index is 12.8. The molecule has 1 aliphatic heterocycles. The van der Waals surface area contributed by atoms with E-state index in [0.29, 0.717) is 46.9 Å². The Morgan fingerprint density at radius 1 is 1.00 bits per heavy atom. The molecule has 1 aromatic rings. The first-order valence-electron chi connectivity index (χ1n) is 16.4. The Morgan fingerprint density at radius 3 is 2.51 bits per heavy atom. The lowest BCUT2D eigenvalue weighted by Crippen LogP contribution is -2.54. The van der Waals surface area contributed by atoms with E-state index in [2.05, 4.69) is 27.7 Å². The minimum atomic E-state index is -0.198. The summed E-state index contributed by atoms with van der Waals surface area (Å²) in [6, 6.07) is 9.45. The monoisotopic (exact) mass is 562 g/mol. The molecular weight excluding hydrogens is 512 g/mol. The molecule has 0 radical (unpaired) electrons. The van der Waals surface area contributed by atoms with Crippen LogP contribution in [0.1, 0.15) is 109 Å². The van der Waals surface area contributed by atoms with Gasteiger partial charge in [-0.3, -0.25) is 4.79 Å². The Kier molecular flexibility index (Phi) is 7.78. The van der Waals surface area contributed by atoms with Gasteiger partial charge in [-0.15, -0.1) is 0 Å². The molecule has 0 amide bonds. The summed E-state index contributed by atoms with van der Waals surface area (Å²) in [7, 11) is 0. The molecule has 1 aromatic carbocycles. The van der Waals surface area contributed by atoms with Gasteiger partial charge in [0, 0.05) is 19.3 Å². The molecule has 5 nitrogen and oxygen atoms in total. The van der Waals surface area contributed by atoms with Crippen LogP contribution in [-0.2, 0) is 19.0 Å². The topological polar surface area (TPSA) is 61.8 Å². The molecule has 0 saturated heterocycles. The number of rotatable bonds is 7. The van der Waals surface area contributed by atoms with E-state index in [9.17, 15) is 9.59 Å². The lowest BCUT2D eigenvalue weighted by atomic mass is 9.44. The smallest absolute Gasteiger partial charge is 0.338 e. The summed E-state index contributed by atoms with van der Waals surface area (Å²) in [4.78, 5) is 23.9. The molecule has 7 unspecified atom stereocenters. The Balaban J connectivity index is 1.10. The molecule has 5 aliphatic rings. The molecule has 4 fully saturated rings. The van der Waals surface area contributed by atoms with E-state index in [-0.39, 0.29) is 18.0 Å². The number of carbonyl (C=O) groups is 2. The normalized spacial score (nSPS) is 40.0. The van der Waals surface area contributed by atoms with Gasteiger partial charge in [0.1, 0.15) is 12.2 Å². The summed E-state index contributed by atoms with van der Waals surface area (Å²) >= 11 is 0. The van der Waals surface area contributed by atoms with Gasteiger partial charge in [0.25, 0.3) is 0 Å². The number of esters is 2. The van der Waals surface area contributed by atoms with Crippen LogP contribution in [0.3, 0.4) is 0 Å². The van der Waals surface area contributed by atoms with E-state index >= 15 is 0 Å². The number of hydrogen-bond acceptors (Lipinski definition) is 5. The zero-order chi connectivity index (χ0) is 28.9. The Hall–Kier alpha value is -2.30. The van der Waals surface area contributed by atoms with Crippen LogP contribution in [-0.4, -0.2) is 30.8 Å². The van der Waals surface area contributed by atoms with Crippen LogP contribution in [0.4, 0.5) is 0 Å². The fourth-order valence-corrected chi connectivity index (χ4v) is 10.4. The van der Waals surface area contributed by atoms with Gasteiger partial charge in [0.05, 0.1) is 17.9 Å². The average molecular weight is 563 g/mol. The maximum Gasteiger partial charge on any atom is 0.338 e. The third-order valence-electron chi connectivity index (χ3n) is 12.5. The molecule has 4 aliphatic carbocycles. The third kappa shape index (κ3) is 5.14. The standard InChI is InChI=1S/C36H50O5/c1-22(21-39-24(3)37)11-14-31-23(2)33-32(41-31)20-30-28-13-12-26-19-27(40-34(38)25-9-7-6-8-10-25)15-17-35(26,4)29(28)16-18-36(30,33)5/h6-10,22,26-30,32-33H,11-21H2,1-5H3/t22?,26-,27?,28?,29?,30?,32?,33?,35-,36-/m0/s1. The molecule has 41 heavy (non-hydrogen) atoms. The SMILES string of the molecule is CC(=O)OCC(C)CCC1=C(C)C2C(CC3C4CC[C@H]5CC(OC(=O)c6ccccc6)CC[C@]5(C)C4CC[C@@]32C)O1. The highest BCUT2D eigenvalue weighted by Crippen LogP contribution is 2.69. The molecule has 0 N–H and O–H groups in total. The van der Waals surface area contributed by atoms with Gasteiger partial charge in [-0.2, -0.15) is 0 Å². The van der Waals surface area contributed by atoms with Crippen molar-refractivity contribution in [3.05, 3.63) is 47.2 Å². The quantitative estimate of drug-likeness (QED) is 0.314. The summed E-state index contributed by atoms with van der Waals surface area (Å²) in [6.07, 6.45) is 11.9. The van der Waals surface area contributed by atoms with E-state index < -0.39 is 0 Å². The number of carbonyl (C=O) groups excluding carboxylic acids is 2. The molecular formula is C36H50O5. The summed E-state index contributed by atoms with van der Waals surface area (Å²) in [5.41, 5.74) is 2.84. The van der Waals surface area contributed by atoms with Crippen LogP contribution in [0.5, 0.6) is 0 Å². The molecule has 0 bridgehead atoms. The summed E-state index contributed by atoms with van der Waals surface area (Å²) in [6.45, 7) is 11.6. The summed E-state index contributed by atoms with van der Waals surface area (Å²) < 4.78 is 18.0. The van der Waals surface area contributed by atoms with E-state index in [1.54, 1.807) is 0 Å². The van der Waals surface area contributed by atoms with Gasteiger partial charge in [0.15, 0.2) is 0 Å². The number of fused-ring (bicyclic) bond motifs is 7. The van der Waals surface area contributed by atoms with Gasteiger partial charge in [-0.1, -0.05) is 39.0 Å². The lowest BCUT2D eigenvalue weighted by Gasteiger charge is -2.61. The van der Waals surface area contributed by atoms with Crippen LogP contribution in [0.2, 0.25) is 0 Å². The third-order valence-corrected chi connectivity index (χ3v) is 12.5. The van der Waals surface area contributed by atoms with Crippen molar-refractivity contribution in [2.24, 2.45) is 46.3 Å². The van der Waals surface area contributed by atoms with Crippen molar-refractivity contribution in [3.63, 3.8) is 0 Å². The van der Waals surface area contributed by atoms with Gasteiger partial charge < -0.3 is 14.2 Å². The molecule has 1 heterocycles. The first-order valence-corrected chi connectivity index (χ1v) is 16.4.